The maximum Gasteiger partial charge on any atom is 0.230 e. The summed E-state index contributed by atoms with van der Waals surface area (Å²) < 4.78 is 0. The molecule has 0 bridgehead atoms. The molecule has 0 radical (unpaired) electrons. The van der Waals surface area contributed by atoms with Crippen molar-refractivity contribution < 1.29 is 34.5 Å². The molecule has 2 saturated carbocycles. The van der Waals surface area contributed by atoms with Crippen molar-refractivity contribution in [1.82, 2.24) is 4.90 Å². The second-order valence-electron chi connectivity index (χ2n) is 9.61. The molecule has 3 aliphatic rings. The van der Waals surface area contributed by atoms with E-state index in [-0.39, 0.29) is 24.2 Å². The number of aliphatic hydroxyl groups is 2. The highest BCUT2D eigenvalue weighted by molar-refractivity contribution is 6.25. The van der Waals surface area contributed by atoms with Crippen LogP contribution in [0.4, 0.5) is 0 Å². The molecule has 180 valence electrons. The standard InChI is InChI=1S/C25H28N2O7/c1-4-5-6-11-7-8-15(28)17-13(11)9-12-10-14-19(27(2)3)21(30)18(24(26)33)23(32)25(14,34)22(31)16(12)20(17)29/h7-8,12,14,16,18-19,21,28,30,34H,4,9-10H2,1-3H3,(H2,26,33)/t12-,14-,16?,18?,19-,21?,25-/m1/s1. The summed E-state index contributed by atoms with van der Waals surface area (Å²) in [6.07, 6.45) is -0.618. The van der Waals surface area contributed by atoms with Crippen molar-refractivity contribution >= 4 is 23.3 Å². The number of aromatic hydroxyl groups is 1. The fraction of sp³-hybridized carbons (Fsp3) is 0.520. The first kappa shape index (κ1) is 24.1. The second-order valence-corrected chi connectivity index (χ2v) is 9.61. The van der Waals surface area contributed by atoms with Crippen LogP contribution in [-0.2, 0) is 20.8 Å². The van der Waals surface area contributed by atoms with E-state index < -0.39 is 64.7 Å². The van der Waals surface area contributed by atoms with Crippen LogP contribution in [0.3, 0.4) is 0 Å². The van der Waals surface area contributed by atoms with Crippen molar-refractivity contribution in [1.29, 1.82) is 0 Å². The highest BCUT2D eigenvalue weighted by Crippen LogP contribution is 2.51. The SMILES string of the molecule is CCC#Cc1ccc(O)c2c1C[C@@H]1C[C@@H]3[C@@H](N(C)C)C(O)C(C(N)=O)C(=O)[C@]3(O)C(=O)C1C2=O. The Morgan fingerprint density at radius 2 is 1.91 bits per heavy atom. The van der Waals surface area contributed by atoms with Crippen molar-refractivity contribution in [2.75, 3.05) is 14.1 Å². The minimum atomic E-state index is -2.66. The van der Waals surface area contributed by atoms with Gasteiger partial charge in [-0.15, -0.1) is 0 Å². The van der Waals surface area contributed by atoms with Gasteiger partial charge >= 0.3 is 0 Å². The van der Waals surface area contributed by atoms with E-state index in [9.17, 15) is 34.5 Å². The van der Waals surface area contributed by atoms with Crippen LogP contribution in [0.2, 0.25) is 0 Å². The number of hydrogen-bond donors (Lipinski definition) is 4. The van der Waals surface area contributed by atoms with E-state index in [1.807, 2.05) is 6.92 Å². The third-order valence-corrected chi connectivity index (χ3v) is 7.57. The van der Waals surface area contributed by atoms with Crippen LogP contribution < -0.4 is 5.73 Å². The number of Topliss-reactive ketones (excluding diaryl/α,β-unsaturated/α-hetero) is 3. The van der Waals surface area contributed by atoms with Crippen LogP contribution in [-0.4, -0.2) is 75.3 Å². The molecular formula is C25H28N2O7. The Kier molecular flexibility index (Phi) is 5.88. The van der Waals surface area contributed by atoms with Crippen molar-refractivity contribution in [3.63, 3.8) is 0 Å². The molecule has 7 atom stereocenters. The highest BCUT2D eigenvalue weighted by atomic mass is 16.3. The van der Waals surface area contributed by atoms with E-state index in [2.05, 4.69) is 11.8 Å². The number of ketones is 3. The molecule has 0 aromatic heterocycles. The number of carbonyl (C=O) groups is 4. The molecule has 0 heterocycles. The van der Waals surface area contributed by atoms with Crippen molar-refractivity contribution in [3.05, 3.63) is 28.8 Å². The van der Waals surface area contributed by atoms with Gasteiger partial charge < -0.3 is 26.0 Å². The zero-order valence-electron chi connectivity index (χ0n) is 19.2. The van der Waals surface area contributed by atoms with E-state index in [4.69, 9.17) is 5.73 Å². The van der Waals surface area contributed by atoms with Crippen LogP contribution in [0, 0.1) is 35.5 Å². The van der Waals surface area contributed by atoms with Gasteiger partial charge in [0.15, 0.2) is 23.0 Å². The molecule has 1 aromatic carbocycles. The summed E-state index contributed by atoms with van der Waals surface area (Å²) in [7, 11) is 3.22. The Balaban J connectivity index is 1.87. The summed E-state index contributed by atoms with van der Waals surface area (Å²) in [5.74, 6) is -3.15. The Bertz CT molecular complexity index is 1160. The van der Waals surface area contributed by atoms with Crippen molar-refractivity contribution in [2.45, 2.75) is 43.9 Å². The molecule has 0 saturated heterocycles. The molecule has 0 spiro atoms. The maximum absolute atomic E-state index is 13.7. The number of phenolic OH excluding ortho intramolecular Hbond substituents is 1. The molecular weight excluding hydrogens is 440 g/mol. The third-order valence-electron chi connectivity index (χ3n) is 7.57. The topological polar surface area (TPSA) is 158 Å². The van der Waals surface area contributed by atoms with Gasteiger partial charge in [0, 0.05) is 23.9 Å². The van der Waals surface area contributed by atoms with E-state index >= 15 is 0 Å². The molecule has 3 unspecified atom stereocenters. The first-order valence-electron chi connectivity index (χ1n) is 11.3. The van der Waals surface area contributed by atoms with Crippen LogP contribution in [0.5, 0.6) is 5.75 Å². The first-order valence-corrected chi connectivity index (χ1v) is 11.3. The number of benzene rings is 1. The smallest absolute Gasteiger partial charge is 0.230 e. The molecule has 9 nitrogen and oxygen atoms in total. The van der Waals surface area contributed by atoms with Crippen LogP contribution >= 0.6 is 0 Å². The lowest BCUT2D eigenvalue weighted by Crippen LogP contribution is -2.75. The van der Waals surface area contributed by atoms with Gasteiger partial charge in [-0.2, -0.15) is 0 Å². The van der Waals surface area contributed by atoms with Crippen molar-refractivity contribution in [3.8, 4) is 17.6 Å². The monoisotopic (exact) mass is 468 g/mol. The molecule has 1 aromatic rings. The number of likely N-dealkylation sites (N-methyl/N-ethyl adjacent to an activating group) is 1. The molecule has 34 heavy (non-hydrogen) atoms. The summed E-state index contributed by atoms with van der Waals surface area (Å²) in [6.45, 7) is 1.88. The predicted octanol–water partition coefficient (Wildman–Crippen LogP) is -0.580. The summed E-state index contributed by atoms with van der Waals surface area (Å²) in [4.78, 5) is 54.1. The van der Waals surface area contributed by atoms with Crippen LogP contribution in [0.1, 0.15) is 41.3 Å². The molecule has 1 amide bonds. The Labute approximate surface area is 196 Å². The van der Waals surface area contributed by atoms with Gasteiger partial charge in [0.2, 0.25) is 5.91 Å². The Hall–Kier alpha value is -3.06. The van der Waals surface area contributed by atoms with Crippen LogP contribution in [0.15, 0.2) is 12.1 Å². The van der Waals surface area contributed by atoms with Gasteiger partial charge in [-0.3, -0.25) is 19.2 Å². The van der Waals surface area contributed by atoms with Gasteiger partial charge in [-0.1, -0.05) is 18.8 Å². The minimum Gasteiger partial charge on any atom is -0.507 e. The molecule has 3 aliphatic carbocycles. The van der Waals surface area contributed by atoms with Gasteiger partial charge in [-0.05, 0) is 50.6 Å². The summed E-state index contributed by atoms with van der Waals surface area (Å²) in [5.41, 5.74) is 3.79. The zero-order chi connectivity index (χ0) is 25.1. The van der Waals surface area contributed by atoms with Gasteiger partial charge in [0.1, 0.15) is 11.7 Å². The summed E-state index contributed by atoms with van der Waals surface area (Å²) >= 11 is 0. The molecule has 4 rings (SSSR count). The average molecular weight is 469 g/mol. The minimum absolute atomic E-state index is 0.0292. The number of primary amides is 1. The number of aliphatic hydroxyl groups excluding tert-OH is 1. The average Bonchev–Trinajstić information content (AvgIpc) is 2.75. The normalized spacial score (nSPS) is 34.6. The summed E-state index contributed by atoms with van der Waals surface area (Å²) in [5, 5.41) is 32.9. The number of fused-ring (bicyclic) bond motifs is 3. The lowest BCUT2D eigenvalue weighted by atomic mass is 9.52. The molecule has 2 fully saturated rings. The zero-order valence-corrected chi connectivity index (χ0v) is 19.2. The molecule has 0 aliphatic heterocycles. The highest BCUT2D eigenvalue weighted by Gasteiger charge is 2.69. The quantitative estimate of drug-likeness (QED) is 0.332. The van der Waals surface area contributed by atoms with Gasteiger partial charge in [0.25, 0.3) is 0 Å². The first-order chi connectivity index (χ1) is 16.0. The van der Waals surface area contributed by atoms with E-state index in [0.717, 1.165) is 0 Å². The summed E-state index contributed by atoms with van der Waals surface area (Å²) in [6, 6.07) is 2.04. The predicted molar refractivity (Wildman–Crippen MR) is 120 cm³/mol. The van der Waals surface area contributed by atoms with Crippen molar-refractivity contribution in [2.24, 2.45) is 29.4 Å². The fourth-order valence-electron chi connectivity index (χ4n) is 6.12. The van der Waals surface area contributed by atoms with Gasteiger partial charge in [-0.25, -0.2) is 0 Å². The molecule has 9 heteroatoms. The number of carbonyl (C=O) groups excluding carboxylic acids is 4. The van der Waals surface area contributed by atoms with E-state index in [1.54, 1.807) is 25.1 Å². The Morgan fingerprint density at radius 3 is 2.50 bits per heavy atom. The second kappa shape index (κ2) is 8.31. The number of hydrogen-bond acceptors (Lipinski definition) is 8. The fourth-order valence-corrected chi connectivity index (χ4v) is 6.12. The van der Waals surface area contributed by atoms with Crippen LogP contribution in [0.25, 0.3) is 0 Å². The number of amides is 1. The largest absolute Gasteiger partial charge is 0.507 e. The van der Waals surface area contributed by atoms with E-state index in [0.29, 0.717) is 17.5 Å². The lowest BCUT2D eigenvalue weighted by Gasteiger charge is -2.54. The number of nitrogens with zero attached hydrogens (tertiary/aromatic N) is 1. The number of nitrogens with two attached hydrogens (primary N) is 1. The van der Waals surface area contributed by atoms with E-state index in [1.165, 1.54) is 6.07 Å². The third kappa shape index (κ3) is 3.21. The maximum atomic E-state index is 13.7. The number of phenols is 1. The van der Waals surface area contributed by atoms with Gasteiger partial charge in [0.05, 0.1) is 17.6 Å². The number of rotatable bonds is 2. The molecule has 5 N–H and O–H groups in total. The lowest BCUT2D eigenvalue weighted by molar-refractivity contribution is -0.190. The Morgan fingerprint density at radius 1 is 1.24 bits per heavy atom.